The van der Waals surface area contributed by atoms with Crippen LogP contribution in [0.2, 0.25) is 0 Å². The summed E-state index contributed by atoms with van der Waals surface area (Å²) < 4.78 is 1.84. The highest BCUT2D eigenvalue weighted by atomic mass is 16.1. The molecule has 7 heteroatoms. The van der Waals surface area contributed by atoms with Crippen LogP contribution in [0.3, 0.4) is 0 Å². The molecule has 0 fully saturated rings. The van der Waals surface area contributed by atoms with Gasteiger partial charge in [0.2, 0.25) is 0 Å². The first kappa shape index (κ1) is 15.0. The first-order valence-corrected chi connectivity index (χ1v) is 7.01. The smallest absolute Gasteiger partial charge is 0.251 e. The maximum Gasteiger partial charge on any atom is 0.251 e. The summed E-state index contributed by atoms with van der Waals surface area (Å²) in [5.41, 5.74) is 0.599. The lowest BCUT2D eigenvalue weighted by atomic mass is 10.2. The van der Waals surface area contributed by atoms with Crippen molar-refractivity contribution in [3.05, 3.63) is 36.0 Å². The second-order valence-corrected chi connectivity index (χ2v) is 4.72. The monoisotopic (exact) mass is 288 g/mol. The number of hydrogen-bond donors (Lipinski definition) is 2. The van der Waals surface area contributed by atoms with Crippen LogP contribution in [0, 0.1) is 0 Å². The van der Waals surface area contributed by atoms with Crippen molar-refractivity contribution in [2.45, 2.75) is 19.8 Å². The van der Waals surface area contributed by atoms with E-state index in [0.29, 0.717) is 18.5 Å². The molecular weight excluding hydrogens is 268 g/mol. The van der Waals surface area contributed by atoms with E-state index in [9.17, 15) is 4.79 Å². The van der Waals surface area contributed by atoms with Gasteiger partial charge in [0.25, 0.3) is 5.91 Å². The number of carbonyl (C=O) groups is 1. The zero-order valence-corrected chi connectivity index (χ0v) is 12.3. The molecule has 112 valence electrons. The van der Waals surface area contributed by atoms with Gasteiger partial charge < -0.3 is 15.2 Å². The highest BCUT2D eigenvalue weighted by molar-refractivity contribution is 5.94. The Balaban J connectivity index is 1.86. The maximum atomic E-state index is 12.1. The van der Waals surface area contributed by atoms with Crippen LogP contribution in [0.4, 0.5) is 5.82 Å². The average Bonchev–Trinajstić information content (AvgIpc) is 2.91. The first-order valence-electron chi connectivity index (χ1n) is 7.01. The Morgan fingerprint density at radius 2 is 2.24 bits per heavy atom. The first-order chi connectivity index (χ1) is 10.2. The molecule has 0 bridgehead atoms. The zero-order valence-electron chi connectivity index (χ0n) is 12.3. The van der Waals surface area contributed by atoms with Gasteiger partial charge in [0, 0.05) is 38.3 Å². The van der Waals surface area contributed by atoms with E-state index in [0.717, 1.165) is 24.6 Å². The normalized spacial score (nSPS) is 10.4. The van der Waals surface area contributed by atoms with Gasteiger partial charge in [-0.3, -0.25) is 4.79 Å². The second-order valence-electron chi connectivity index (χ2n) is 4.72. The maximum absolute atomic E-state index is 12.1. The molecule has 2 N–H and O–H groups in total. The topological polar surface area (TPSA) is 84.7 Å². The van der Waals surface area contributed by atoms with Crippen molar-refractivity contribution < 1.29 is 4.79 Å². The zero-order chi connectivity index (χ0) is 15.1. The number of pyridine rings is 1. The van der Waals surface area contributed by atoms with E-state index in [1.807, 2.05) is 11.6 Å². The Hall–Kier alpha value is -2.44. The number of nitrogens with one attached hydrogen (secondary N) is 2. The van der Waals surface area contributed by atoms with Crippen molar-refractivity contribution >= 4 is 11.7 Å². The lowest BCUT2D eigenvalue weighted by Crippen LogP contribution is -2.26. The summed E-state index contributed by atoms with van der Waals surface area (Å²) >= 11 is 0. The Morgan fingerprint density at radius 3 is 2.95 bits per heavy atom. The van der Waals surface area contributed by atoms with Crippen LogP contribution in [0.25, 0.3) is 0 Å². The Morgan fingerprint density at radius 1 is 1.38 bits per heavy atom. The molecule has 0 atom stereocenters. The van der Waals surface area contributed by atoms with Gasteiger partial charge in [-0.2, -0.15) is 0 Å². The summed E-state index contributed by atoms with van der Waals surface area (Å²) in [6.07, 6.45) is 4.94. The van der Waals surface area contributed by atoms with E-state index in [-0.39, 0.29) is 5.91 Å². The van der Waals surface area contributed by atoms with Crippen molar-refractivity contribution in [2.24, 2.45) is 7.05 Å². The molecule has 2 heterocycles. The van der Waals surface area contributed by atoms with Gasteiger partial charge in [0.15, 0.2) is 0 Å². The summed E-state index contributed by atoms with van der Waals surface area (Å²) in [6.45, 7) is 3.44. The fraction of sp³-hybridized carbons (Fsp3) is 0.429. The SMILES string of the molecule is CCCNc1cc(C(=O)NCCc2nncn2C)ccn1. The van der Waals surface area contributed by atoms with Crippen LogP contribution < -0.4 is 10.6 Å². The van der Waals surface area contributed by atoms with Crippen LogP contribution in [-0.2, 0) is 13.5 Å². The third-order valence-corrected chi connectivity index (χ3v) is 3.02. The Labute approximate surface area is 123 Å². The molecule has 0 radical (unpaired) electrons. The van der Waals surface area contributed by atoms with Crippen molar-refractivity contribution in [2.75, 3.05) is 18.4 Å². The van der Waals surface area contributed by atoms with Crippen molar-refractivity contribution in [1.82, 2.24) is 25.1 Å². The van der Waals surface area contributed by atoms with Crippen LogP contribution in [-0.4, -0.2) is 38.7 Å². The molecule has 2 rings (SSSR count). The van der Waals surface area contributed by atoms with Crippen molar-refractivity contribution in [1.29, 1.82) is 0 Å². The highest BCUT2D eigenvalue weighted by Gasteiger charge is 2.07. The molecular formula is C14H20N6O. The summed E-state index contributed by atoms with van der Waals surface area (Å²) in [5.74, 6) is 1.45. The summed E-state index contributed by atoms with van der Waals surface area (Å²) in [7, 11) is 1.88. The molecule has 0 saturated carbocycles. The number of hydrogen-bond acceptors (Lipinski definition) is 5. The number of amides is 1. The van der Waals surface area contributed by atoms with E-state index < -0.39 is 0 Å². The predicted molar refractivity (Wildman–Crippen MR) is 80.1 cm³/mol. The third-order valence-electron chi connectivity index (χ3n) is 3.02. The van der Waals surface area contributed by atoms with E-state index >= 15 is 0 Å². The number of aryl methyl sites for hydroxylation is 1. The molecule has 0 aliphatic rings. The van der Waals surface area contributed by atoms with E-state index in [1.165, 1.54) is 0 Å². The molecule has 0 unspecified atom stereocenters. The molecule has 21 heavy (non-hydrogen) atoms. The molecule has 0 aliphatic carbocycles. The minimum atomic E-state index is -0.112. The molecule has 0 aromatic carbocycles. The average molecular weight is 288 g/mol. The molecule has 7 nitrogen and oxygen atoms in total. The van der Waals surface area contributed by atoms with Crippen LogP contribution in [0.5, 0.6) is 0 Å². The molecule has 2 aromatic heterocycles. The van der Waals surface area contributed by atoms with E-state index in [4.69, 9.17) is 0 Å². The number of rotatable bonds is 7. The van der Waals surface area contributed by atoms with Gasteiger partial charge >= 0.3 is 0 Å². The van der Waals surface area contributed by atoms with Gasteiger partial charge in [-0.1, -0.05) is 6.92 Å². The van der Waals surface area contributed by atoms with Crippen LogP contribution in [0.15, 0.2) is 24.7 Å². The molecule has 2 aromatic rings. The predicted octanol–water partition coefficient (Wildman–Crippen LogP) is 1.00. The lowest BCUT2D eigenvalue weighted by Gasteiger charge is -2.07. The van der Waals surface area contributed by atoms with Crippen LogP contribution in [0.1, 0.15) is 29.5 Å². The largest absolute Gasteiger partial charge is 0.370 e. The molecule has 0 spiro atoms. The summed E-state index contributed by atoms with van der Waals surface area (Å²) in [6, 6.07) is 3.46. The number of aromatic nitrogens is 4. The molecule has 0 saturated heterocycles. The Kier molecular flexibility index (Phi) is 5.25. The molecule has 1 amide bonds. The van der Waals surface area contributed by atoms with Crippen LogP contribution >= 0.6 is 0 Å². The minimum Gasteiger partial charge on any atom is -0.370 e. The molecule has 0 aliphatic heterocycles. The van der Waals surface area contributed by atoms with Crippen molar-refractivity contribution in [3.8, 4) is 0 Å². The number of anilines is 1. The quantitative estimate of drug-likeness (QED) is 0.794. The summed E-state index contributed by atoms with van der Waals surface area (Å²) in [5, 5.41) is 13.8. The van der Waals surface area contributed by atoms with Gasteiger partial charge in [0.05, 0.1) is 0 Å². The second kappa shape index (κ2) is 7.37. The lowest BCUT2D eigenvalue weighted by molar-refractivity contribution is 0.0954. The van der Waals surface area contributed by atoms with Gasteiger partial charge in [-0.15, -0.1) is 10.2 Å². The third kappa shape index (κ3) is 4.27. The van der Waals surface area contributed by atoms with Gasteiger partial charge in [0.1, 0.15) is 18.0 Å². The fourth-order valence-electron chi connectivity index (χ4n) is 1.84. The standard InChI is InChI=1S/C14H20N6O/c1-3-6-15-12-9-11(4-7-16-12)14(21)17-8-5-13-19-18-10-20(13)2/h4,7,9-10H,3,5-6,8H2,1-2H3,(H,15,16)(H,17,21). The van der Waals surface area contributed by atoms with E-state index in [2.05, 4.69) is 32.7 Å². The van der Waals surface area contributed by atoms with E-state index in [1.54, 1.807) is 24.7 Å². The fourth-order valence-corrected chi connectivity index (χ4v) is 1.84. The minimum absolute atomic E-state index is 0.112. The number of nitrogens with zero attached hydrogens (tertiary/aromatic N) is 4. The summed E-state index contributed by atoms with van der Waals surface area (Å²) in [4.78, 5) is 16.3. The van der Waals surface area contributed by atoms with Gasteiger partial charge in [-0.25, -0.2) is 4.98 Å². The Bertz CT molecular complexity index is 595. The van der Waals surface area contributed by atoms with Gasteiger partial charge in [-0.05, 0) is 18.6 Å². The highest BCUT2D eigenvalue weighted by Crippen LogP contribution is 2.06. The number of carbonyl (C=O) groups excluding carboxylic acids is 1. The van der Waals surface area contributed by atoms with Crippen molar-refractivity contribution in [3.63, 3.8) is 0 Å².